The Morgan fingerprint density at radius 2 is 1.93 bits per heavy atom. The topological polar surface area (TPSA) is 79.5 Å². The van der Waals surface area contributed by atoms with Crippen LogP contribution in [0.15, 0.2) is 18.2 Å². The summed E-state index contributed by atoms with van der Waals surface area (Å²) in [4.78, 5) is 18.0. The van der Waals surface area contributed by atoms with Gasteiger partial charge in [0, 0.05) is 11.1 Å². The molecule has 2 heterocycles. The number of aromatic nitrogens is 1. The number of carbonyl (C=O) groups is 1. The van der Waals surface area contributed by atoms with E-state index in [9.17, 15) is 4.79 Å². The number of nitrogens with two attached hydrogens (primary N) is 1. The van der Waals surface area contributed by atoms with Crippen LogP contribution in [0.3, 0.4) is 0 Å². The molecule has 0 unspecified atom stereocenters. The average Bonchev–Trinajstić information content (AvgIpc) is 3.20. The van der Waals surface area contributed by atoms with Crippen molar-refractivity contribution in [2.24, 2.45) is 5.73 Å². The van der Waals surface area contributed by atoms with Crippen molar-refractivity contribution in [1.82, 2.24) is 9.88 Å². The number of benzene rings is 1. The molecule has 27 heavy (non-hydrogen) atoms. The Morgan fingerprint density at radius 1 is 1.19 bits per heavy atom. The number of hydrogen-bond donors (Lipinski definition) is 2. The number of likely N-dealkylation sites (tertiary alicyclic amines) is 1. The van der Waals surface area contributed by atoms with Crippen LogP contribution < -0.4 is 5.73 Å². The summed E-state index contributed by atoms with van der Waals surface area (Å²) in [5, 5.41) is 10.6. The molecule has 1 aliphatic heterocycles. The molecule has 1 aliphatic carbocycles. The normalized spacial score (nSPS) is 16.7. The predicted molar refractivity (Wildman–Crippen MR) is 110 cm³/mol. The molecular formula is C21H28ClN3O2. The zero-order chi connectivity index (χ0) is 19.2. The molecule has 4 rings (SSSR count). The van der Waals surface area contributed by atoms with Gasteiger partial charge in [-0.3, -0.25) is 4.98 Å². The largest absolute Gasteiger partial charge is 0.478 e. The fourth-order valence-corrected chi connectivity index (χ4v) is 4.18. The Hall–Kier alpha value is -1.69. The molecule has 0 amide bonds. The van der Waals surface area contributed by atoms with Crippen LogP contribution >= 0.6 is 11.6 Å². The van der Waals surface area contributed by atoms with Crippen LogP contribution in [0.1, 0.15) is 53.7 Å². The van der Waals surface area contributed by atoms with Crippen molar-refractivity contribution in [1.29, 1.82) is 0 Å². The summed E-state index contributed by atoms with van der Waals surface area (Å²) in [6.07, 6.45) is 8.13. The van der Waals surface area contributed by atoms with Crippen LogP contribution in [0.4, 0.5) is 0 Å². The van der Waals surface area contributed by atoms with Crippen LogP contribution in [-0.2, 0) is 12.8 Å². The number of rotatable bonds is 4. The highest BCUT2D eigenvalue weighted by molar-refractivity contribution is 6.36. The van der Waals surface area contributed by atoms with E-state index in [1.807, 2.05) is 0 Å². The molecule has 6 heteroatoms. The molecule has 0 spiro atoms. The van der Waals surface area contributed by atoms with E-state index in [-0.39, 0.29) is 5.56 Å². The second-order valence-electron chi connectivity index (χ2n) is 7.29. The lowest BCUT2D eigenvalue weighted by Gasteiger charge is -2.17. The number of pyridine rings is 1. The summed E-state index contributed by atoms with van der Waals surface area (Å²) in [6.45, 7) is 4.67. The minimum Gasteiger partial charge on any atom is -0.478 e. The van der Waals surface area contributed by atoms with Gasteiger partial charge in [-0.1, -0.05) is 17.7 Å². The first-order valence-corrected chi connectivity index (χ1v) is 10.2. The van der Waals surface area contributed by atoms with Crippen molar-refractivity contribution in [2.45, 2.75) is 44.9 Å². The number of halogens is 1. The van der Waals surface area contributed by atoms with Crippen LogP contribution in [0, 0.1) is 0 Å². The SMILES string of the molecule is NCCCN1CCCC1.O=C(O)c1ccc2c(Cl)c3c(nc2c1)CCCC3. The Kier molecular flexibility index (Phi) is 7.05. The van der Waals surface area contributed by atoms with Gasteiger partial charge in [-0.25, -0.2) is 4.79 Å². The Bertz CT molecular complexity index is 804. The van der Waals surface area contributed by atoms with Crippen molar-refractivity contribution >= 4 is 28.5 Å². The third-order valence-electron chi connectivity index (χ3n) is 5.32. The maximum atomic E-state index is 11.0. The molecule has 0 atom stereocenters. The smallest absolute Gasteiger partial charge is 0.335 e. The lowest BCUT2D eigenvalue weighted by atomic mass is 9.94. The van der Waals surface area contributed by atoms with Crippen molar-refractivity contribution in [2.75, 3.05) is 26.2 Å². The molecule has 0 bridgehead atoms. The van der Waals surface area contributed by atoms with Crippen LogP contribution in [0.25, 0.3) is 10.9 Å². The highest BCUT2D eigenvalue weighted by atomic mass is 35.5. The molecule has 1 aromatic heterocycles. The zero-order valence-corrected chi connectivity index (χ0v) is 16.5. The molecule has 1 fully saturated rings. The molecule has 5 nitrogen and oxygen atoms in total. The van der Waals surface area contributed by atoms with Gasteiger partial charge in [-0.15, -0.1) is 0 Å². The first-order chi connectivity index (χ1) is 13.1. The van der Waals surface area contributed by atoms with Crippen molar-refractivity contribution in [3.05, 3.63) is 40.0 Å². The van der Waals surface area contributed by atoms with Gasteiger partial charge in [0.1, 0.15) is 0 Å². The number of hydrogen-bond acceptors (Lipinski definition) is 4. The Morgan fingerprint density at radius 3 is 2.63 bits per heavy atom. The first kappa shape index (κ1) is 20.1. The van der Waals surface area contributed by atoms with Gasteiger partial charge in [0.25, 0.3) is 0 Å². The number of nitrogens with zero attached hydrogens (tertiary/aromatic N) is 2. The summed E-state index contributed by atoms with van der Waals surface area (Å²) in [7, 11) is 0. The number of aryl methyl sites for hydroxylation is 1. The van der Waals surface area contributed by atoms with E-state index >= 15 is 0 Å². The lowest BCUT2D eigenvalue weighted by molar-refractivity contribution is 0.0697. The Labute approximate surface area is 165 Å². The Balaban J connectivity index is 0.000000197. The maximum Gasteiger partial charge on any atom is 0.335 e. The van der Waals surface area contributed by atoms with Crippen LogP contribution in [-0.4, -0.2) is 47.1 Å². The molecule has 1 aromatic carbocycles. The van der Waals surface area contributed by atoms with Gasteiger partial charge >= 0.3 is 5.97 Å². The van der Waals surface area contributed by atoms with Gasteiger partial charge in [-0.05, 0) is 88.8 Å². The highest BCUT2D eigenvalue weighted by Crippen LogP contribution is 2.33. The van der Waals surface area contributed by atoms with Crippen molar-refractivity contribution in [3.63, 3.8) is 0 Å². The van der Waals surface area contributed by atoms with E-state index in [4.69, 9.17) is 22.4 Å². The fourth-order valence-electron chi connectivity index (χ4n) is 3.82. The van der Waals surface area contributed by atoms with E-state index in [2.05, 4.69) is 9.88 Å². The van der Waals surface area contributed by atoms with E-state index < -0.39 is 5.97 Å². The summed E-state index contributed by atoms with van der Waals surface area (Å²) in [5.41, 5.74) is 8.48. The summed E-state index contributed by atoms with van der Waals surface area (Å²) < 4.78 is 0. The average molecular weight is 390 g/mol. The highest BCUT2D eigenvalue weighted by Gasteiger charge is 2.17. The van der Waals surface area contributed by atoms with Crippen LogP contribution in [0.2, 0.25) is 5.02 Å². The van der Waals surface area contributed by atoms with Crippen molar-refractivity contribution < 1.29 is 9.90 Å². The van der Waals surface area contributed by atoms with E-state index in [0.717, 1.165) is 53.9 Å². The van der Waals surface area contributed by atoms with Crippen LogP contribution in [0.5, 0.6) is 0 Å². The van der Waals surface area contributed by atoms with E-state index in [1.165, 1.54) is 38.9 Å². The third-order valence-corrected chi connectivity index (χ3v) is 5.75. The fraction of sp³-hybridized carbons (Fsp3) is 0.524. The second kappa shape index (κ2) is 9.49. The first-order valence-electron chi connectivity index (χ1n) is 9.87. The van der Waals surface area contributed by atoms with Gasteiger partial charge in [-0.2, -0.15) is 0 Å². The summed E-state index contributed by atoms with van der Waals surface area (Å²) in [6, 6.07) is 4.93. The lowest BCUT2D eigenvalue weighted by Crippen LogP contribution is -2.22. The maximum absolute atomic E-state index is 11.0. The minimum absolute atomic E-state index is 0.252. The van der Waals surface area contributed by atoms with Gasteiger partial charge in [0.2, 0.25) is 0 Å². The van der Waals surface area contributed by atoms with Gasteiger partial charge < -0.3 is 15.7 Å². The number of aromatic carboxylic acids is 1. The monoisotopic (exact) mass is 389 g/mol. The van der Waals surface area contributed by atoms with Gasteiger partial charge in [0.15, 0.2) is 0 Å². The standard InChI is InChI=1S/C14H12ClNO2.C7H16N2/c15-13-9-3-1-2-4-11(9)16-12-7-8(14(17)18)5-6-10(12)13;8-4-3-7-9-5-1-2-6-9/h5-7H,1-4H2,(H,17,18);1-8H2. The van der Waals surface area contributed by atoms with Gasteiger partial charge in [0.05, 0.1) is 16.1 Å². The number of fused-ring (bicyclic) bond motifs is 2. The number of carboxylic acid groups (broad SMARTS) is 1. The third kappa shape index (κ3) is 4.98. The quantitative estimate of drug-likeness (QED) is 0.829. The minimum atomic E-state index is -0.937. The molecule has 2 aromatic rings. The second-order valence-corrected chi connectivity index (χ2v) is 7.66. The zero-order valence-electron chi connectivity index (χ0n) is 15.7. The molecule has 0 radical (unpaired) electrons. The summed E-state index contributed by atoms with van der Waals surface area (Å²) in [5.74, 6) is -0.937. The molecular weight excluding hydrogens is 362 g/mol. The molecule has 3 N–H and O–H groups in total. The van der Waals surface area contributed by atoms with E-state index in [1.54, 1.807) is 18.2 Å². The van der Waals surface area contributed by atoms with Crippen molar-refractivity contribution in [3.8, 4) is 0 Å². The predicted octanol–water partition coefficient (Wildman–Crippen LogP) is 3.90. The molecule has 0 saturated carbocycles. The van der Waals surface area contributed by atoms with E-state index in [0.29, 0.717) is 5.52 Å². The molecule has 146 valence electrons. The number of carboxylic acids is 1. The molecule has 2 aliphatic rings. The summed E-state index contributed by atoms with van der Waals surface area (Å²) >= 11 is 6.40. The molecule has 1 saturated heterocycles.